The average molecular weight is 551 g/mol. The molecular formula is C29H42N8O3. The predicted octanol–water partition coefficient (Wildman–Crippen LogP) is 1.39. The largest absolute Gasteiger partial charge is 0.354 e. The molecule has 2 aromatic rings. The SMILES string of the molecule is CC(Cc1ccc(-n2ccc(NC(=O)N3CCN(C(=O)C(C)(C)N)CC3)nc2=O)cc1)N(C)C12CC(N)C(C1)C2. The second kappa shape index (κ2) is 10.6. The molecule has 4 aliphatic rings. The van der Waals surface area contributed by atoms with E-state index in [4.69, 9.17) is 11.5 Å². The molecule has 2 heterocycles. The first-order valence-corrected chi connectivity index (χ1v) is 14.2. The number of hydrogen-bond donors (Lipinski definition) is 3. The summed E-state index contributed by atoms with van der Waals surface area (Å²) in [5.74, 6) is 0.737. The number of aromatic nitrogens is 2. The van der Waals surface area contributed by atoms with Crippen LogP contribution in [-0.4, -0.2) is 92.6 Å². The molecule has 1 aromatic heterocycles. The Labute approximate surface area is 235 Å². The van der Waals surface area contributed by atoms with E-state index in [1.165, 1.54) is 23.0 Å². The number of fused-ring (bicyclic) bond motifs is 1. The summed E-state index contributed by atoms with van der Waals surface area (Å²) in [5, 5.41) is 2.70. The van der Waals surface area contributed by atoms with Gasteiger partial charge in [0, 0.05) is 50.0 Å². The third-order valence-corrected chi connectivity index (χ3v) is 9.10. The Morgan fingerprint density at radius 2 is 1.73 bits per heavy atom. The fourth-order valence-corrected chi connectivity index (χ4v) is 6.54. The number of carbonyl (C=O) groups is 2. The third kappa shape index (κ3) is 5.50. The minimum absolute atomic E-state index is 0.141. The molecule has 4 fully saturated rings. The van der Waals surface area contributed by atoms with Gasteiger partial charge < -0.3 is 21.3 Å². The number of carbonyl (C=O) groups excluding carboxylic acids is 2. The number of piperazine rings is 1. The lowest BCUT2D eigenvalue weighted by molar-refractivity contribution is -0.137. The zero-order valence-electron chi connectivity index (χ0n) is 24.0. The molecule has 6 rings (SSSR count). The van der Waals surface area contributed by atoms with Gasteiger partial charge in [-0.15, -0.1) is 0 Å². The minimum Gasteiger partial charge on any atom is -0.338 e. The van der Waals surface area contributed by atoms with Gasteiger partial charge in [-0.2, -0.15) is 4.98 Å². The van der Waals surface area contributed by atoms with Crippen molar-refractivity contribution in [2.24, 2.45) is 17.4 Å². The van der Waals surface area contributed by atoms with Crippen molar-refractivity contribution in [1.29, 1.82) is 0 Å². The van der Waals surface area contributed by atoms with Crippen LogP contribution in [0.5, 0.6) is 0 Å². The number of nitrogens with one attached hydrogen (secondary N) is 1. The van der Waals surface area contributed by atoms with Gasteiger partial charge in [0.25, 0.3) is 0 Å². The van der Waals surface area contributed by atoms with E-state index < -0.39 is 11.2 Å². The number of amides is 3. The maximum Gasteiger partial charge on any atom is 0.354 e. The van der Waals surface area contributed by atoms with Gasteiger partial charge in [0.1, 0.15) is 5.82 Å². The Kier molecular flexibility index (Phi) is 7.49. The molecule has 1 aromatic carbocycles. The highest BCUT2D eigenvalue weighted by atomic mass is 16.2. The fraction of sp³-hybridized carbons (Fsp3) is 0.586. The number of likely N-dealkylation sites (N-methyl/N-ethyl adjacent to an activating group) is 1. The molecule has 3 saturated carbocycles. The molecule has 1 aliphatic heterocycles. The van der Waals surface area contributed by atoms with Gasteiger partial charge in [0.2, 0.25) is 5.91 Å². The summed E-state index contributed by atoms with van der Waals surface area (Å²) in [5.41, 5.74) is 13.0. The normalized spacial score (nSPS) is 25.1. The minimum atomic E-state index is -0.947. The van der Waals surface area contributed by atoms with Crippen LogP contribution in [0.3, 0.4) is 0 Å². The average Bonchev–Trinajstić information content (AvgIpc) is 3.41. The molecule has 216 valence electrons. The molecule has 1 saturated heterocycles. The smallest absolute Gasteiger partial charge is 0.338 e. The maximum atomic E-state index is 12.8. The Hall–Kier alpha value is -3.28. The van der Waals surface area contributed by atoms with Gasteiger partial charge >= 0.3 is 11.7 Å². The summed E-state index contributed by atoms with van der Waals surface area (Å²) in [6.45, 7) is 7.17. The van der Waals surface area contributed by atoms with Gasteiger partial charge in [-0.3, -0.25) is 19.6 Å². The number of hydrogen-bond acceptors (Lipinski definition) is 7. The molecule has 11 nitrogen and oxygen atoms in total. The first-order chi connectivity index (χ1) is 18.9. The Bertz CT molecular complexity index is 1300. The van der Waals surface area contributed by atoms with Crippen molar-refractivity contribution in [2.45, 2.75) is 69.6 Å². The van der Waals surface area contributed by atoms with Crippen LogP contribution in [0.2, 0.25) is 0 Å². The van der Waals surface area contributed by atoms with E-state index in [-0.39, 0.29) is 23.3 Å². The van der Waals surface area contributed by atoms with Crippen LogP contribution < -0.4 is 22.5 Å². The number of benzene rings is 1. The van der Waals surface area contributed by atoms with E-state index in [0.29, 0.717) is 49.9 Å². The summed E-state index contributed by atoms with van der Waals surface area (Å²) >= 11 is 0. The molecule has 2 bridgehead atoms. The van der Waals surface area contributed by atoms with E-state index in [1.807, 2.05) is 12.1 Å². The number of urea groups is 1. The van der Waals surface area contributed by atoms with Gasteiger partial charge in [0.05, 0.1) is 11.2 Å². The van der Waals surface area contributed by atoms with Crippen LogP contribution in [0, 0.1) is 5.92 Å². The van der Waals surface area contributed by atoms with E-state index in [9.17, 15) is 14.4 Å². The molecule has 0 spiro atoms. The summed E-state index contributed by atoms with van der Waals surface area (Å²) in [6, 6.07) is 9.95. The highest BCUT2D eigenvalue weighted by Crippen LogP contribution is 2.54. The molecule has 3 aliphatic carbocycles. The van der Waals surface area contributed by atoms with Crippen molar-refractivity contribution in [3.63, 3.8) is 0 Å². The number of nitrogens with two attached hydrogens (primary N) is 2. The highest BCUT2D eigenvalue weighted by Gasteiger charge is 2.57. The van der Waals surface area contributed by atoms with Crippen LogP contribution in [0.25, 0.3) is 5.69 Å². The van der Waals surface area contributed by atoms with Crippen molar-refractivity contribution in [1.82, 2.24) is 24.3 Å². The summed E-state index contributed by atoms with van der Waals surface area (Å²) in [6.07, 6.45) is 6.06. The monoisotopic (exact) mass is 550 g/mol. The number of anilines is 1. The van der Waals surface area contributed by atoms with Crippen molar-refractivity contribution in [3.05, 3.63) is 52.6 Å². The van der Waals surface area contributed by atoms with Gasteiger partial charge in [0.15, 0.2) is 0 Å². The van der Waals surface area contributed by atoms with Gasteiger partial charge in [-0.05, 0) is 83.2 Å². The second-order valence-corrected chi connectivity index (χ2v) is 12.5. The van der Waals surface area contributed by atoms with Gasteiger partial charge in [-0.25, -0.2) is 9.59 Å². The third-order valence-electron chi connectivity index (χ3n) is 9.10. The van der Waals surface area contributed by atoms with E-state index >= 15 is 0 Å². The first-order valence-electron chi connectivity index (χ1n) is 14.2. The standard InChI is InChI=1S/C29H42N8O3/c1-19(34(4)29-16-21(17-29)23(30)18-29)15-20-5-7-22(8-6-20)37-10-9-24(33-27(37)40)32-26(39)36-13-11-35(12-14-36)25(38)28(2,3)31/h5-10,19,21,23H,11-18,30-31H2,1-4H3,(H,32,33,39,40). The Morgan fingerprint density at radius 3 is 2.27 bits per heavy atom. The zero-order valence-corrected chi connectivity index (χ0v) is 24.0. The molecule has 0 radical (unpaired) electrons. The number of rotatable bonds is 7. The van der Waals surface area contributed by atoms with E-state index in [1.54, 1.807) is 35.9 Å². The molecule has 2 atom stereocenters. The first kappa shape index (κ1) is 28.3. The lowest BCUT2D eigenvalue weighted by atomic mass is 9.75. The lowest BCUT2D eigenvalue weighted by Gasteiger charge is -2.48. The number of nitrogens with zero attached hydrogens (tertiary/aromatic N) is 5. The molecular weight excluding hydrogens is 508 g/mol. The van der Waals surface area contributed by atoms with Crippen LogP contribution in [-0.2, 0) is 11.2 Å². The topological polar surface area (TPSA) is 143 Å². The quantitative estimate of drug-likeness (QED) is 0.473. The van der Waals surface area contributed by atoms with Crippen molar-refractivity contribution >= 4 is 17.8 Å². The molecule has 11 heteroatoms. The Balaban J connectivity index is 1.15. The molecule has 3 amide bonds. The zero-order chi connectivity index (χ0) is 28.8. The van der Waals surface area contributed by atoms with E-state index in [0.717, 1.165) is 12.8 Å². The summed E-state index contributed by atoms with van der Waals surface area (Å²) in [4.78, 5) is 47.7. The predicted molar refractivity (Wildman–Crippen MR) is 154 cm³/mol. The lowest BCUT2D eigenvalue weighted by Crippen LogP contribution is -2.58. The van der Waals surface area contributed by atoms with Crippen LogP contribution in [0.1, 0.15) is 45.6 Å². The maximum absolute atomic E-state index is 12.8. The summed E-state index contributed by atoms with van der Waals surface area (Å²) < 4.78 is 1.46. The second-order valence-electron chi connectivity index (χ2n) is 12.5. The van der Waals surface area contributed by atoms with Crippen molar-refractivity contribution in [3.8, 4) is 5.69 Å². The van der Waals surface area contributed by atoms with E-state index in [2.05, 4.69) is 41.3 Å². The fourth-order valence-electron chi connectivity index (χ4n) is 6.54. The molecule has 5 N–H and O–H groups in total. The highest BCUT2D eigenvalue weighted by molar-refractivity contribution is 5.89. The van der Waals surface area contributed by atoms with Crippen LogP contribution in [0.4, 0.5) is 10.6 Å². The molecule has 2 unspecified atom stereocenters. The Morgan fingerprint density at radius 1 is 1.10 bits per heavy atom. The van der Waals surface area contributed by atoms with Gasteiger partial charge in [-0.1, -0.05) is 12.1 Å². The van der Waals surface area contributed by atoms with Crippen molar-refractivity contribution < 1.29 is 9.59 Å². The van der Waals surface area contributed by atoms with Crippen molar-refractivity contribution in [2.75, 3.05) is 38.5 Å². The molecule has 40 heavy (non-hydrogen) atoms. The van der Waals surface area contributed by atoms with Crippen LogP contribution in [0.15, 0.2) is 41.3 Å². The summed E-state index contributed by atoms with van der Waals surface area (Å²) in [7, 11) is 2.22. The van der Waals surface area contributed by atoms with Crippen LogP contribution >= 0.6 is 0 Å².